The van der Waals surface area contributed by atoms with Crippen molar-refractivity contribution >= 4 is 44.4 Å². The lowest BCUT2D eigenvalue weighted by atomic mass is 10.2. The second-order valence-electron chi connectivity index (χ2n) is 8.58. The average Bonchev–Trinajstić information content (AvgIpc) is 3.49. The molecule has 0 bridgehead atoms. The van der Waals surface area contributed by atoms with Gasteiger partial charge in [-0.2, -0.15) is 5.11 Å². The predicted octanol–water partition coefficient (Wildman–Crippen LogP) is 6.35. The lowest BCUT2D eigenvalue weighted by molar-refractivity contribution is -0.384. The molecule has 0 saturated carbocycles. The van der Waals surface area contributed by atoms with Gasteiger partial charge in [-0.15, -0.1) is 10.2 Å². The normalized spacial score (nSPS) is 11.6. The predicted molar refractivity (Wildman–Crippen MR) is 147 cm³/mol. The summed E-state index contributed by atoms with van der Waals surface area (Å²) in [6.45, 7) is 3.45. The van der Waals surface area contributed by atoms with Crippen LogP contribution in [0.15, 0.2) is 105 Å². The molecule has 0 atom stereocenters. The zero-order valence-corrected chi connectivity index (χ0v) is 22.0. The quantitative estimate of drug-likeness (QED) is 0.120. The SMILES string of the molecule is Cc1cc(NS(=O)(=O)c2ccc(N=Nc3c(Nc4ccccc4)nn(-c4ccc([N+](=O)[O-])cc4)c3C)cc2)no1. The first kappa shape index (κ1) is 26.2. The molecule has 0 unspecified atom stereocenters. The maximum Gasteiger partial charge on any atom is 0.269 e. The van der Waals surface area contributed by atoms with Gasteiger partial charge in [-0.3, -0.25) is 14.8 Å². The van der Waals surface area contributed by atoms with Crippen molar-refractivity contribution in [2.45, 2.75) is 18.7 Å². The zero-order chi connectivity index (χ0) is 28.3. The van der Waals surface area contributed by atoms with Crippen LogP contribution in [0, 0.1) is 24.0 Å². The molecule has 0 fully saturated rings. The van der Waals surface area contributed by atoms with Crippen molar-refractivity contribution in [1.29, 1.82) is 0 Å². The van der Waals surface area contributed by atoms with Crippen LogP contribution in [-0.2, 0) is 10.0 Å². The van der Waals surface area contributed by atoms with Crippen LogP contribution in [0.4, 0.5) is 34.4 Å². The Hall–Kier alpha value is -5.37. The van der Waals surface area contributed by atoms with Crippen molar-refractivity contribution in [3.63, 3.8) is 0 Å². The lowest BCUT2D eigenvalue weighted by Gasteiger charge is -2.05. The van der Waals surface area contributed by atoms with Gasteiger partial charge in [0.15, 0.2) is 17.3 Å². The molecule has 40 heavy (non-hydrogen) atoms. The van der Waals surface area contributed by atoms with Crippen molar-refractivity contribution in [1.82, 2.24) is 14.9 Å². The van der Waals surface area contributed by atoms with E-state index in [-0.39, 0.29) is 16.4 Å². The molecule has 0 aliphatic rings. The molecular weight excluding hydrogens is 536 g/mol. The number of para-hydroxylation sites is 1. The van der Waals surface area contributed by atoms with Gasteiger partial charge in [0, 0.05) is 23.9 Å². The number of aryl methyl sites for hydroxylation is 1. The molecule has 2 aromatic heterocycles. The first-order valence-corrected chi connectivity index (χ1v) is 13.3. The molecule has 5 aromatic rings. The molecule has 0 spiro atoms. The number of anilines is 3. The summed E-state index contributed by atoms with van der Waals surface area (Å²) >= 11 is 0. The largest absolute Gasteiger partial charge is 0.360 e. The number of benzene rings is 3. The summed E-state index contributed by atoms with van der Waals surface area (Å²) in [5, 5.41) is 31.3. The fraction of sp³-hybridized carbons (Fsp3) is 0.0769. The van der Waals surface area contributed by atoms with Crippen molar-refractivity contribution in [3.05, 3.63) is 106 Å². The van der Waals surface area contributed by atoms with E-state index in [9.17, 15) is 18.5 Å². The van der Waals surface area contributed by atoms with Crippen LogP contribution in [0.1, 0.15) is 11.5 Å². The highest BCUT2D eigenvalue weighted by molar-refractivity contribution is 7.92. The number of nitrogens with zero attached hydrogens (tertiary/aromatic N) is 6. The molecule has 2 heterocycles. The van der Waals surface area contributed by atoms with E-state index in [1.54, 1.807) is 30.7 Å². The summed E-state index contributed by atoms with van der Waals surface area (Å²) in [4.78, 5) is 10.6. The van der Waals surface area contributed by atoms with E-state index in [4.69, 9.17) is 4.52 Å². The van der Waals surface area contributed by atoms with Crippen LogP contribution in [0.5, 0.6) is 0 Å². The van der Waals surface area contributed by atoms with Crippen molar-refractivity contribution < 1.29 is 17.9 Å². The molecule has 0 amide bonds. The number of nitro groups is 1. The smallest absolute Gasteiger partial charge is 0.269 e. The van der Waals surface area contributed by atoms with Gasteiger partial charge in [0.2, 0.25) is 0 Å². The van der Waals surface area contributed by atoms with Crippen molar-refractivity contribution in [3.8, 4) is 5.69 Å². The minimum absolute atomic E-state index is 0.0145. The molecule has 0 aliphatic carbocycles. The highest BCUT2D eigenvalue weighted by Crippen LogP contribution is 2.34. The van der Waals surface area contributed by atoms with Crippen molar-refractivity contribution in [2.24, 2.45) is 10.2 Å². The third-order valence-corrected chi connectivity index (χ3v) is 7.08. The van der Waals surface area contributed by atoms with Gasteiger partial charge in [-0.1, -0.05) is 23.4 Å². The number of non-ortho nitro benzene ring substituents is 1. The molecule has 0 radical (unpaired) electrons. The molecule has 14 heteroatoms. The Morgan fingerprint density at radius 1 is 0.950 bits per heavy atom. The van der Waals surface area contributed by atoms with Crippen LogP contribution in [-0.4, -0.2) is 28.3 Å². The van der Waals surface area contributed by atoms with E-state index in [0.29, 0.717) is 34.3 Å². The number of nitrogens with one attached hydrogen (secondary N) is 2. The lowest BCUT2D eigenvalue weighted by Crippen LogP contribution is -2.12. The number of rotatable bonds is 9. The number of hydrogen-bond donors (Lipinski definition) is 2. The second kappa shape index (κ2) is 10.8. The number of sulfonamides is 1. The number of nitro benzene ring substituents is 1. The van der Waals surface area contributed by atoms with Gasteiger partial charge < -0.3 is 9.84 Å². The maximum absolute atomic E-state index is 12.7. The Kier molecular flexibility index (Phi) is 7.07. The molecule has 2 N–H and O–H groups in total. The molecule has 202 valence electrons. The highest BCUT2D eigenvalue weighted by atomic mass is 32.2. The van der Waals surface area contributed by atoms with E-state index in [0.717, 1.165) is 5.69 Å². The third kappa shape index (κ3) is 5.71. The van der Waals surface area contributed by atoms with Gasteiger partial charge in [0.1, 0.15) is 5.76 Å². The van der Waals surface area contributed by atoms with Crippen LogP contribution < -0.4 is 10.0 Å². The summed E-state index contributed by atoms with van der Waals surface area (Å²) in [5.74, 6) is 0.971. The minimum atomic E-state index is -3.88. The van der Waals surface area contributed by atoms with Crippen LogP contribution in [0.2, 0.25) is 0 Å². The topological polar surface area (TPSA) is 170 Å². The molecule has 0 saturated heterocycles. The van der Waals surface area contributed by atoms with Crippen LogP contribution >= 0.6 is 0 Å². The third-order valence-electron chi connectivity index (χ3n) is 5.71. The standard InChI is InChI=1S/C26H22N8O5S/c1-17-16-24(31-39-17)32-40(37,38)23-14-8-20(9-15-23)28-29-25-18(2)33(21-10-12-22(13-11-21)34(35)36)30-26(25)27-19-6-4-3-5-7-19/h3-16H,1-2H3,(H,27,30)(H,31,32). The summed E-state index contributed by atoms with van der Waals surface area (Å²) in [6, 6.07) is 22.7. The molecule has 0 aliphatic heterocycles. The van der Waals surface area contributed by atoms with Gasteiger partial charge >= 0.3 is 0 Å². The Morgan fingerprint density at radius 3 is 2.27 bits per heavy atom. The fourth-order valence-electron chi connectivity index (χ4n) is 3.73. The van der Waals surface area contributed by atoms with Crippen molar-refractivity contribution in [2.75, 3.05) is 10.0 Å². The Bertz CT molecular complexity index is 1800. The summed E-state index contributed by atoms with van der Waals surface area (Å²) in [7, 11) is -3.88. The van der Waals surface area contributed by atoms with Gasteiger partial charge in [0.25, 0.3) is 15.7 Å². The summed E-state index contributed by atoms with van der Waals surface area (Å²) < 4.78 is 34.2. The van der Waals surface area contributed by atoms with Gasteiger partial charge in [0.05, 0.1) is 26.9 Å². The maximum atomic E-state index is 12.7. The molecule has 3 aromatic carbocycles. The first-order valence-electron chi connectivity index (χ1n) is 11.8. The Labute approximate surface area is 228 Å². The van der Waals surface area contributed by atoms with Crippen LogP contribution in [0.3, 0.4) is 0 Å². The Balaban J connectivity index is 1.44. The van der Waals surface area contributed by atoms with Gasteiger partial charge in [-0.05, 0) is 62.4 Å². The van der Waals surface area contributed by atoms with E-state index >= 15 is 0 Å². The zero-order valence-electron chi connectivity index (χ0n) is 21.2. The number of azo groups is 1. The average molecular weight is 559 g/mol. The molecular formula is C26H22N8O5S. The first-order chi connectivity index (χ1) is 19.2. The van der Waals surface area contributed by atoms with E-state index in [1.807, 2.05) is 30.3 Å². The minimum Gasteiger partial charge on any atom is -0.360 e. The highest BCUT2D eigenvalue weighted by Gasteiger charge is 2.18. The molecule has 13 nitrogen and oxygen atoms in total. The second-order valence-corrected chi connectivity index (χ2v) is 10.3. The van der Waals surface area contributed by atoms with E-state index < -0.39 is 14.9 Å². The fourth-order valence-corrected chi connectivity index (χ4v) is 4.72. The summed E-state index contributed by atoms with van der Waals surface area (Å²) in [6.07, 6.45) is 0. The summed E-state index contributed by atoms with van der Waals surface area (Å²) in [5.41, 5.74) is 2.81. The van der Waals surface area contributed by atoms with Gasteiger partial charge in [-0.25, -0.2) is 13.1 Å². The van der Waals surface area contributed by atoms with E-state index in [2.05, 4.69) is 30.5 Å². The van der Waals surface area contributed by atoms with Crippen LogP contribution in [0.25, 0.3) is 5.69 Å². The number of hydrogen-bond acceptors (Lipinski definition) is 10. The van der Waals surface area contributed by atoms with E-state index in [1.165, 1.54) is 42.5 Å². The monoisotopic (exact) mass is 558 g/mol. The number of aromatic nitrogens is 3. The Morgan fingerprint density at radius 2 is 1.65 bits per heavy atom. The molecule has 5 rings (SSSR count).